The molecule has 16 heavy (non-hydrogen) atoms. The van der Waals surface area contributed by atoms with Crippen molar-refractivity contribution in [3.63, 3.8) is 0 Å². The summed E-state index contributed by atoms with van der Waals surface area (Å²) in [5.74, 6) is 0. The van der Waals surface area contributed by atoms with Crippen molar-refractivity contribution in [1.29, 1.82) is 0 Å². The second-order valence-electron chi connectivity index (χ2n) is 5.76. The van der Waals surface area contributed by atoms with E-state index < -0.39 is 0 Å². The SMILES string of the molecule is CC1(CN[C@H]2CCCC[C@@H]2O)CCOCC1. The third-order valence-electron chi connectivity index (χ3n) is 4.22. The van der Waals surface area contributed by atoms with Crippen LogP contribution in [0.25, 0.3) is 0 Å². The van der Waals surface area contributed by atoms with E-state index in [-0.39, 0.29) is 6.10 Å². The maximum absolute atomic E-state index is 9.90. The molecular formula is C13H25NO2. The van der Waals surface area contributed by atoms with Gasteiger partial charge in [-0.2, -0.15) is 0 Å². The molecule has 3 nitrogen and oxygen atoms in total. The Kier molecular flexibility index (Phi) is 4.22. The van der Waals surface area contributed by atoms with Gasteiger partial charge in [0.15, 0.2) is 0 Å². The smallest absolute Gasteiger partial charge is 0.0693 e. The molecule has 3 heteroatoms. The monoisotopic (exact) mass is 227 g/mol. The van der Waals surface area contributed by atoms with Crippen LogP contribution in [0.4, 0.5) is 0 Å². The van der Waals surface area contributed by atoms with Gasteiger partial charge in [0.2, 0.25) is 0 Å². The van der Waals surface area contributed by atoms with E-state index in [1.165, 1.54) is 12.8 Å². The van der Waals surface area contributed by atoms with E-state index >= 15 is 0 Å². The van der Waals surface area contributed by atoms with E-state index in [1.54, 1.807) is 0 Å². The van der Waals surface area contributed by atoms with Crippen LogP contribution in [0.15, 0.2) is 0 Å². The molecule has 2 fully saturated rings. The summed E-state index contributed by atoms with van der Waals surface area (Å²) in [6.45, 7) is 5.15. The Morgan fingerprint density at radius 3 is 2.62 bits per heavy atom. The van der Waals surface area contributed by atoms with Crippen molar-refractivity contribution in [2.45, 2.75) is 57.6 Å². The fourth-order valence-corrected chi connectivity index (χ4v) is 2.77. The van der Waals surface area contributed by atoms with Crippen LogP contribution in [-0.4, -0.2) is 37.0 Å². The number of ether oxygens (including phenoxy) is 1. The van der Waals surface area contributed by atoms with E-state index in [0.717, 1.165) is 45.4 Å². The van der Waals surface area contributed by atoms with Crippen LogP contribution in [-0.2, 0) is 4.74 Å². The summed E-state index contributed by atoms with van der Waals surface area (Å²) in [4.78, 5) is 0. The molecule has 1 heterocycles. The highest BCUT2D eigenvalue weighted by molar-refractivity contribution is 4.85. The Labute approximate surface area is 98.6 Å². The maximum Gasteiger partial charge on any atom is 0.0693 e. The van der Waals surface area contributed by atoms with Gasteiger partial charge in [0.05, 0.1) is 6.10 Å². The van der Waals surface area contributed by atoms with Crippen molar-refractivity contribution in [3.8, 4) is 0 Å². The lowest BCUT2D eigenvalue weighted by Crippen LogP contribution is -2.47. The first-order valence-corrected chi connectivity index (χ1v) is 6.69. The van der Waals surface area contributed by atoms with Gasteiger partial charge in [0.1, 0.15) is 0 Å². The molecule has 1 saturated heterocycles. The second-order valence-corrected chi connectivity index (χ2v) is 5.76. The molecule has 2 rings (SSSR count). The number of aliphatic hydroxyl groups excluding tert-OH is 1. The molecule has 1 saturated carbocycles. The largest absolute Gasteiger partial charge is 0.392 e. The number of rotatable bonds is 3. The van der Waals surface area contributed by atoms with E-state index in [0.29, 0.717) is 11.5 Å². The summed E-state index contributed by atoms with van der Waals surface area (Å²) in [6, 6.07) is 0.327. The summed E-state index contributed by atoms with van der Waals surface area (Å²) in [5.41, 5.74) is 0.370. The van der Waals surface area contributed by atoms with Gasteiger partial charge in [0, 0.05) is 25.8 Å². The van der Waals surface area contributed by atoms with Crippen LogP contribution >= 0.6 is 0 Å². The van der Waals surface area contributed by atoms with Crippen molar-refractivity contribution >= 4 is 0 Å². The van der Waals surface area contributed by atoms with Gasteiger partial charge in [-0.15, -0.1) is 0 Å². The van der Waals surface area contributed by atoms with Gasteiger partial charge in [-0.05, 0) is 31.1 Å². The molecule has 0 aromatic carbocycles. The molecule has 0 aromatic heterocycles. The van der Waals surface area contributed by atoms with Gasteiger partial charge in [-0.3, -0.25) is 0 Å². The average Bonchev–Trinajstić information content (AvgIpc) is 2.29. The predicted molar refractivity (Wildman–Crippen MR) is 64.4 cm³/mol. The molecule has 0 amide bonds. The third-order valence-corrected chi connectivity index (χ3v) is 4.22. The fourth-order valence-electron chi connectivity index (χ4n) is 2.77. The van der Waals surface area contributed by atoms with Gasteiger partial charge < -0.3 is 15.2 Å². The maximum atomic E-state index is 9.90. The predicted octanol–water partition coefficient (Wildman–Crippen LogP) is 1.70. The molecule has 0 unspecified atom stereocenters. The van der Waals surface area contributed by atoms with Crippen molar-refractivity contribution in [1.82, 2.24) is 5.32 Å². The van der Waals surface area contributed by atoms with Gasteiger partial charge in [0.25, 0.3) is 0 Å². The first kappa shape index (κ1) is 12.3. The summed E-state index contributed by atoms with van der Waals surface area (Å²) in [7, 11) is 0. The molecule has 2 atom stereocenters. The van der Waals surface area contributed by atoms with Crippen molar-refractivity contribution < 1.29 is 9.84 Å². The highest BCUT2D eigenvalue weighted by atomic mass is 16.5. The molecule has 1 aliphatic carbocycles. The minimum absolute atomic E-state index is 0.128. The Balaban J connectivity index is 1.76. The summed E-state index contributed by atoms with van der Waals surface area (Å²) in [6.07, 6.45) is 6.70. The molecular weight excluding hydrogens is 202 g/mol. The van der Waals surface area contributed by atoms with Crippen molar-refractivity contribution in [2.75, 3.05) is 19.8 Å². The normalized spacial score (nSPS) is 34.9. The number of nitrogens with one attached hydrogen (secondary N) is 1. The summed E-state index contributed by atoms with van der Waals surface area (Å²) >= 11 is 0. The van der Waals surface area contributed by atoms with E-state index in [4.69, 9.17) is 4.74 Å². The molecule has 0 spiro atoms. The van der Waals surface area contributed by atoms with Crippen LogP contribution in [0.5, 0.6) is 0 Å². The minimum Gasteiger partial charge on any atom is -0.392 e. The Hall–Kier alpha value is -0.120. The third kappa shape index (κ3) is 3.19. The zero-order chi connectivity index (χ0) is 11.4. The van der Waals surface area contributed by atoms with Gasteiger partial charge >= 0.3 is 0 Å². The van der Waals surface area contributed by atoms with E-state index in [1.807, 2.05) is 0 Å². The summed E-state index contributed by atoms with van der Waals surface area (Å²) in [5, 5.41) is 13.5. The lowest BCUT2D eigenvalue weighted by Gasteiger charge is -2.37. The quantitative estimate of drug-likeness (QED) is 0.771. The topological polar surface area (TPSA) is 41.5 Å². The van der Waals surface area contributed by atoms with Gasteiger partial charge in [-0.1, -0.05) is 19.8 Å². The van der Waals surface area contributed by atoms with Crippen LogP contribution in [0.3, 0.4) is 0 Å². The zero-order valence-corrected chi connectivity index (χ0v) is 10.4. The zero-order valence-electron chi connectivity index (χ0n) is 10.4. The Morgan fingerprint density at radius 1 is 1.25 bits per heavy atom. The van der Waals surface area contributed by atoms with Gasteiger partial charge in [-0.25, -0.2) is 0 Å². The van der Waals surface area contributed by atoms with Crippen molar-refractivity contribution in [2.24, 2.45) is 5.41 Å². The Bertz CT molecular complexity index is 214. The van der Waals surface area contributed by atoms with Crippen LogP contribution < -0.4 is 5.32 Å². The molecule has 2 aliphatic rings. The Morgan fingerprint density at radius 2 is 1.94 bits per heavy atom. The standard InChI is InChI=1S/C13H25NO2/c1-13(6-8-16-9-7-13)10-14-11-4-2-3-5-12(11)15/h11-12,14-15H,2-10H2,1H3/t11-,12-/m0/s1. The first-order chi connectivity index (χ1) is 7.70. The molecule has 0 aromatic rings. The first-order valence-electron chi connectivity index (χ1n) is 6.69. The molecule has 2 N–H and O–H groups in total. The highest BCUT2D eigenvalue weighted by Gasteiger charge is 2.30. The average molecular weight is 227 g/mol. The lowest BCUT2D eigenvalue weighted by atomic mass is 9.81. The van der Waals surface area contributed by atoms with Crippen LogP contribution in [0, 0.1) is 5.41 Å². The fraction of sp³-hybridized carbons (Fsp3) is 1.00. The molecule has 94 valence electrons. The van der Waals surface area contributed by atoms with E-state index in [9.17, 15) is 5.11 Å². The van der Waals surface area contributed by atoms with Crippen LogP contribution in [0.2, 0.25) is 0 Å². The second kappa shape index (κ2) is 5.48. The van der Waals surface area contributed by atoms with Crippen molar-refractivity contribution in [3.05, 3.63) is 0 Å². The van der Waals surface area contributed by atoms with Crippen LogP contribution in [0.1, 0.15) is 45.4 Å². The number of aliphatic hydroxyl groups is 1. The van der Waals surface area contributed by atoms with E-state index in [2.05, 4.69) is 12.2 Å². The number of hydrogen-bond donors (Lipinski definition) is 2. The number of hydrogen-bond acceptors (Lipinski definition) is 3. The lowest BCUT2D eigenvalue weighted by molar-refractivity contribution is 0.0166. The minimum atomic E-state index is -0.128. The highest BCUT2D eigenvalue weighted by Crippen LogP contribution is 2.29. The molecule has 1 aliphatic heterocycles. The molecule has 0 bridgehead atoms. The molecule has 0 radical (unpaired) electrons. The summed E-state index contributed by atoms with van der Waals surface area (Å²) < 4.78 is 5.40.